The summed E-state index contributed by atoms with van der Waals surface area (Å²) in [5, 5.41) is 2.87. The molecule has 1 N–H and O–H groups in total. The van der Waals surface area contributed by atoms with Gasteiger partial charge in [-0.3, -0.25) is 9.78 Å². The van der Waals surface area contributed by atoms with Gasteiger partial charge < -0.3 is 5.32 Å². The molecule has 0 fully saturated rings. The van der Waals surface area contributed by atoms with E-state index in [0.717, 1.165) is 21.4 Å². The fourth-order valence-corrected chi connectivity index (χ4v) is 2.05. The largest absolute Gasteiger partial charge is 0.322 e. The molecule has 4 heteroatoms. The first-order valence-corrected chi connectivity index (χ1v) is 6.36. The molecule has 0 aliphatic heterocycles. The predicted octanol–water partition coefficient (Wildman–Crippen LogP) is 3.71. The summed E-state index contributed by atoms with van der Waals surface area (Å²) < 4.78 is 0.933. The van der Waals surface area contributed by atoms with Crippen molar-refractivity contribution in [3.8, 4) is 0 Å². The zero-order valence-electron chi connectivity index (χ0n) is 10.2. The highest BCUT2D eigenvalue weighted by Crippen LogP contribution is 2.17. The minimum absolute atomic E-state index is 0.115. The van der Waals surface area contributed by atoms with Crippen molar-refractivity contribution in [1.29, 1.82) is 0 Å². The molecule has 18 heavy (non-hydrogen) atoms. The zero-order valence-corrected chi connectivity index (χ0v) is 11.8. The van der Waals surface area contributed by atoms with Crippen molar-refractivity contribution in [2.24, 2.45) is 0 Å². The number of benzene rings is 1. The van der Waals surface area contributed by atoms with Crippen LogP contribution in [0.2, 0.25) is 0 Å². The number of hydrogen-bond acceptors (Lipinski definition) is 2. The summed E-state index contributed by atoms with van der Waals surface area (Å²) in [6.45, 7) is 3.80. The van der Waals surface area contributed by atoms with Crippen LogP contribution in [0.25, 0.3) is 0 Å². The zero-order chi connectivity index (χ0) is 13.1. The maximum atomic E-state index is 12.1. The number of pyridine rings is 1. The molecule has 3 nitrogen and oxygen atoms in total. The Morgan fingerprint density at radius 1 is 1.28 bits per heavy atom. The van der Waals surface area contributed by atoms with Gasteiger partial charge in [0.1, 0.15) is 0 Å². The fraction of sp³-hybridized carbons (Fsp3) is 0.143. The minimum atomic E-state index is -0.115. The normalized spacial score (nSPS) is 10.2. The molecule has 0 aliphatic carbocycles. The van der Waals surface area contributed by atoms with Gasteiger partial charge in [0.25, 0.3) is 5.91 Å². The van der Waals surface area contributed by atoms with Crippen LogP contribution in [0, 0.1) is 13.8 Å². The van der Waals surface area contributed by atoms with E-state index in [1.807, 2.05) is 38.1 Å². The van der Waals surface area contributed by atoms with Crippen LogP contribution in [0.1, 0.15) is 21.6 Å². The van der Waals surface area contributed by atoms with E-state index in [0.29, 0.717) is 5.56 Å². The van der Waals surface area contributed by atoms with E-state index in [9.17, 15) is 4.79 Å². The Balaban J connectivity index is 2.25. The number of halogens is 1. The van der Waals surface area contributed by atoms with Gasteiger partial charge in [0.15, 0.2) is 0 Å². The first-order valence-electron chi connectivity index (χ1n) is 5.57. The van der Waals surface area contributed by atoms with Crippen molar-refractivity contribution >= 4 is 27.5 Å². The summed E-state index contributed by atoms with van der Waals surface area (Å²) in [5.74, 6) is -0.115. The summed E-state index contributed by atoms with van der Waals surface area (Å²) in [7, 11) is 0. The van der Waals surface area contributed by atoms with Crippen LogP contribution in [-0.4, -0.2) is 10.9 Å². The number of rotatable bonds is 2. The quantitative estimate of drug-likeness (QED) is 0.919. The number of aromatic nitrogens is 1. The van der Waals surface area contributed by atoms with Crippen molar-refractivity contribution in [1.82, 2.24) is 4.98 Å². The fourth-order valence-electron chi connectivity index (χ4n) is 1.65. The van der Waals surface area contributed by atoms with Crippen LogP contribution in [0.4, 0.5) is 5.69 Å². The third-order valence-corrected chi connectivity index (χ3v) is 3.28. The van der Waals surface area contributed by atoms with E-state index in [4.69, 9.17) is 0 Å². The van der Waals surface area contributed by atoms with Crippen LogP contribution in [-0.2, 0) is 0 Å². The predicted molar refractivity (Wildman–Crippen MR) is 75.8 cm³/mol. The van der Waals surface area contributed by atoms with Crippen molar-refractivity contribution < 1.29 is 4.79 Å². The van der Waals surface area contributed by atoms with Crippen LogP contribution in [0.3, 0.4) is 0 Å². The molecule has 0 aliphatic rings. The Labute approximate surface area is 114 Å². The summed E-state index contributed by atoms with van der Waals surface area (Å²) in [4.78, 5) is 16.3. The molecule has 0 saturated heterocycles. The molecule has 0 spiro atoms. The van der Waals surface area contributed by atoms with Gasteiger partial charge in [-0.05, 0) is 43.7 Å². The molecular weight excluding hydrogens is 292 g/mol. The highest BCUT2D eigenvalue weighted by molar-refractivity contribution is 9.10. The molecule has 1 aromatic carbocycles. The second kappa shape index (κ2) is 5.31. The highest BCUT2D eigenvalue weighted by Gasteiger charge is 2.10. The molecule has 92 valence electrons. The average Bonchev–Trinajstić information content (AvgIpc) is 2.32. The lowest BCUT2D eigenvalue weighted by molar-refractivity contribution is 0.102. The number of nitrogens with one attached hydrogen (secondary N) is 1. The van der Waals surface area contributed by atoms with Crippen molar-refractivity contribution in [2.75, 3.05) is 5.32 Å². The third-order valence-electron chi connectivity index (χ3n) is 2.78. The number of hydrogen-bond donors (Lipinski definition) is 1. The summed E-state index contributed by atoms with van der Waals surface area (Å²) in [6, 6.07) is 9.24. The lowest BCUT2D eigenvalue weighted by Gasteiger charge is -2.09. The van der Waals surface area contributed by atoms with Crippen LogP contribution in [0.15, 0.2) is 41.0 Å². The smallest absolute Gasteiger partial charge is 0.256 e. The molecule has 1 amide bonds. The average molecular weight is 305 g/mol. The molecule has 0 unspecified atom stereocenters. The Bertz CT molecular complexity index is 596. The monoisotopic (exact) mass is 304 g/mol. The Kier molecular flexibility index (Phi) is 3.77. The van der Waals surface area contributed by atoms with Gasteiger partial charge in [0, 0.05) is 27.6 Å². The molecule has 1 heterocycles. The van der Waals surface area contributed by atoms with E-state index in [1.165, 1.54) is 0 Å². The topological polar surface area (TPSA) is 42.0 Å². The van der Waals surface area contributed by atoms with Gasteiger partial charge in [-0.2, -0.15) is 0 Å². The number of amides is 1. The molecule has 0 atom stereocenters. The highest BCUT2D eigenvalue weighted by atomic mass is 79.9. The Morgan fingerprint density at radius 3 is 2.78 bits per heavy atom. The Morgan fingerprint density at radius 2 is 2.06 bits per heavy atom. The van der Waals surface area contributed by atoms with Crippen molar-refractivity contribution in [3.63, 3.8) is 0 Å². The number of aryl methyl sites for hydroxylation is 1. The summed E-state index contributed by atoms with van der Waals surface area (Å²) in [6.07, 6.45) is 1.65. The molecule has 0 saturated carbocycles. The van der Waals surface area contributed by atoms with Crippen molar-refractivity contribution in [2.45, 2.75) is 13.8 Å². The van der Waals surface area contributed by atoms with Crippen LogP contribution >= 0.6 is 15.9 Å². The number of nitrogens with zero attached hydrogens (tertiary/aromatic N) is 1. The lowest BCUT2D eigenvalue weighted by Crippen LogP contribution is -2.14. The maximum absolute atomic E-state index is 12.1. The molecular formula is C14H13BrN2O. The van der Waals surface area contributed by atoms with Crippen LogP contribution < -0.4 is 5.32 Å². The maximum Gasteiger partial charge on any atom is 0.256 e. The van der Waals surface area contributed by atoms with Gasteiger partial charge in [-0.25, -0.2) is 0 Å². The van der Waals surface area contributed by atoms with Crippen LogP contribution in [0.5, 0.6) is 0 Å². The molecule has 2 aromatic rings. The summed E-state index contributed by atoms with van der Waals surface area (Å²) >= 11 is 3.37. The summed E-state index contributed by atoms with van der Waals surface area (Å²) in [5.41, 5.74) is 3.20. The second-order valence-corrected chi connectivity index (χ2v) is 4.95. The molecule has 1 aromatic heterocycles. The van der Waals surface area contributed by atoms with Gasteiger partial charge in [-0.1, -0.05) is 22.0 Å². The van der Waals surface area contributed by atoms with Gasteiger partial charge in [-0.15, -0.1) is 0 Å². The standard InChI is InChI=1S/C14H13BrN2O/c1-9-10(2)16-7-6-13(9)14(18)17-12-5-3-4-11(15)8-12/h3-8H,1-2H3,(H,17,18). The van der Waals surface area contributed by atoms with E-state index in [1.54, 1.807) is 12.3 Å². The SMILES string of the molecule is Cc1nccc(C(=O)Nc2cccc(Br)c2)c1C. The van der Waals surface area contributed by atoms with E-state index >= 15 is 0 Å². The van der Waals surface area contributed by atoms with E-state index in [-0.39, 0.29) is 5.91 Å². The number of carbonyl (C=O) groups excluding carboxylic acids is 1. The van der Waals surface area contributed by atoms with Gasteiger partial charge in [0.2, 0.25) is 0 Å². The molecule has 0 bridgehead atoms. The van der Waals surface area contributed by atoms with Gasteiger partial charge in [0.05, 0.1) is 0 Å². The van der Waals surface area contributed by atoms with Gasteiger partial charge >= 0.3 is 0 Å². The first kappa shape index (κ1) is 12.8. The van der Waals surface area contributed by atoms with Crippen molar-refractivity contribution in [3.05, 3.63) is 57.8 Å². The third kappa shape index (κ3) is 2.76. The Hall–Kier alpha value is -1.68. The number of anilines is 1. The minimum Gasteiger partial charge on any atom is -0.322 e. The molecule has 0 radical (unpaired) electrons. The second-order valence-electron chi connectivity index (χ2n) is 4.03. The van der Waals surface area contributed by atoms with E-state index in [2.05, 4.69) is 26.2 Å². The first-order chi connectivity index (χ1) is 8.58. The lowest BCUT2D eigenvalue weighted by atomic mass is 10.1. The number of carbonyl (C=O) groups is 1. The molecule has 2 rings (SSSR count). The van der Waals surface area contributed by atoms with E-state index < -0.39 is 0 Å².